The molecule has 1 aliphatic rings. The highest BCUT2D eigenvalue weighted by Gasteiger charge is 2.26. The fourth-order valence-corrected chi connectivity index (χ4v) is 7.81. The second-order valence-corrected chi connectivity index (χ2v) is 14.1. The highest BCUT2D eigenvalue weighted by Crippen LogP contribution is 2.27. The molecule has 232 valence electrons. The van der Waals surface area contributed by atoms with Crippen molar-refractivity contribution < 1.29 is 22.7 Å². The number of thiazole rings is 1. The monoisotopic (exact) mass is 683 g/mol. The van der Waals surface area contributed by atoms with Crippen molar-refractivity contribution in [2.45, 2.75) is 16.6 Å². The van der Waals surface area contributed by atoms with E-state index >= 15 is 0 Å². The van der Waals surface area contributed by atoms with Gasteiger partial charge in [0.05, 0.1) is 46.3 Å². The van der Waals surface area contributed by atoms with Gasteiger partial charge in [0.2, 0.25) is 15.9 Å². The van der Waals surface area contributed by atoms with Gasteiger partial charge in [-0.15, -0.1) is 10.2 Å². The number of halogens is 1. The van der Waals surface area contributed by atoms with Crippen molar-refractivity contribution in [3.63, 3.8) is 0 Å². The Morgan fingerprint density at radius 3 is 2.53 bits per heavy atom. The van der Waals surface area contributed by atoms with Crippen molar-refractivity contribution in [3.05, 3.63) is 89.2 Å². The molecule has 0 atom stereocenters. The van der Waals surface area contributed by atoms with Crippen LogP contribution in [0.3, 0.4) is 0 Å². The number of sulfonamides is 1. The molecule has 0 radical (unpaired) electrons. The van der Waals surface area contributed by atoms with Crippen LogP contribution in [0.5, 0.6) is 0 Å². The maximum Gasteiger partial charge on any atom is 0.251 e. The maximum absolute atomic E-state index is 13.0. The summed E-state index contributed by atoms with van der Waals surface area (Å²) in [6, 6.07) is 20.5. The number of carbonyl (C=O) groups excluding carboxylic acids is 2. The van der Waals surface area contributed by atoms with Crippen LogP contribution in [0.25, 0.3) is 15.9 Å². The third kappa shape index (κ3) is 7.19. The van der Waals surface area contributed by atoms with Crippen molar-refractivity contribution in [2.24, 2.45) is 0 Å². The quantitative estimate of drug-likeness (QED) is 0.207. The number of hydrogen-bond donors (Lipinski definition) is 2. The summed E-state index contributed by atoms with van der Waals surface area (Å²) in [6.45, 7) is 1.26. The van der Waals surface area contributed by atoms with Crippen LogP contribution in [0.1, 0.15) is 16.2 Å². The summed E-state index contributed by atoms with van der Waals surface area (Å²) in [5.74, 6) is -0.226. The molecule has 3 aromatic carbocycles. The Balaban J connectivity index is 1.14. The molecule has 0 bridgehead atoms. The third-order valence-electron chi connectivity index (χ3n) is 6.77. The first-order valence-electron chi connectivity index (χ1n) is 13.7. The Bertz CT molecular complexity index is 1930. The molecular weight excluding hydrogens is 658 g/mol. The second-order valence-electron chi connectivity index (χ2n) is 9.76. The molecule has 45 heavy (non-hydrogen) atoms. The zero-order valence-electron chi connectivity index (χ0n) is 23.6. The SMILES string of the molecule is O=C(CSc1nnc(CNC(=O)c2ccc(S(=O)(=O)N3CCOCC3)cc2)n1-c1cccc(Cl)c1)Nc1nc2ccccc2s1. The fraction of sp³-hybridized carbons (Fsp3) is 0.207. The molecule has 0 spiro atoms. The minimum Gasteiger partial charge on any atom is -0.379 e. The molecular formula is C29H26ClN7O5S3. The Hall–Kier alpha value is -3.86. The molecule has 1 aliphatic heterocycles. The molecule has 0 unspecified atom stereocenters. The van der Waals surface area contributed by atoms with Crippen molar-refractivity contribution in [3.8, 4) is 5.69 Å². The zero-order chi connectivity index (χ0) is 31.4. The normalized spacial score (nSPS) is 14.0. The van der Waals surface area contributed by atoms with Gasteiger partial charge in [-0.3, -0.25) is 14.2 Å². The number of amides is 2. The number of carbonyl (C=O) groups is 2. The van der Waals surface area contributed by atoms with Crippen LogP contribution >= 0.6 is 34.7 Å². The van der Waals surface area contributed by atoms with Crippen LogP contribution in [0.15, 0.2) is 82.8 Å². The number of rotatable bonds is 10. The predicted molar refractivity (Wildman–Crippen MR) is 173 cm³/mol. The molecule has 2 amide bonds. The number of nitrogens with one attached hydrogen (secondary N) is 2. The minimum atomic E-state index is -3.68. The summed E-state index contributed by atoms with van der Waals surface area (Å²) in [7, 11) is -3.68. The topological polar surface area (TPSA) is 148 Å². The Labute approximate surface area is 271 Å². The van der Waals surface area contributed by atoms with Gasteiger partial charge in [0.1, 0.15) is 0 Å². The van der Waals surface area contributed by atoms with Crippen LogP contribution in [0.4, 0.5) is 5.13 Å². The lowest BCUT2D eigenvalue weighted by Gasteiger charge is -2.26. The summed E-state index contributed by atoms with van der Waals surface area (Å²) in [5.41, 5.74) is 1.75. The lowest BCUT2D eigenvalue weighted by molar-refractivity contribution is -0.113. The molecule has 1 saturated heterocycles. The molecule has 2 aromatic heterocycles. The molecule has 5 aromatic rings. The summed E-state index contributed by atoms with van der Waals surface area (Å²) in [4.78, 5) is 30.3. The number of para-hydroxylation sites is 1. The smallest absolute Gasteiger partial charge is 0.251 e. The number of hydrogen-bond acceptors (Lipinski definition) is 10. The second kappa shape index (κ2) is 13.6. The molecule has 0 aliphatic carbocycles. The number of nitrogens with zero attached hydrogens (tertiary/aromatic N) is 5. The number of thioether (sulfide) groups is 1. The summed E-state index contributed by atoms with van der Waals surface area (Å²) in [6.07, 6.45) is 0. The van der Waals surface area contributed by atoms with E-state index in [1.807, 2.05) is 30.3 Å². The number of anilines is 1. The van der Waals surface area contributed by atoms with E-state index in [1.165, 1.54) is 51.7 Å². The van der Waals surface area contributed by atoms with Gasteiger partial charge in [-0.05, 0) is 54.6 Å². The van der Waals surface area contributed by atoms with Crippen LogP contribution in [-0.2, 0) is 26.1 Å². The standard InChI is InChI=1S/C29H26ClN7O5S3/c30-20-4-3-5-21(16-20)37-25(34-35-29(37)43-18-26(38)33-28-32-23-6-1-2-7-24(23)44-28)17-31-27(39)19-8-10-22(11-9-19)45(40,41)36-12-14-42-15-13-36/h1-11,16H,12-15,17-18H2,(H,31,39)(H,32,33,38). The largest absolute Gasteiger partial charge is 0.379 e. The number of aromatic nitrogens is 4. The molecule has 12 nitrogen and oxygen atoms in total. The first-order valence-corrected chi connectivity index (χ1v) is 17.3. The summed E-state index contributed by atoms with van der Waals surface area (Å²) < 4.78 is 35.1. The first-order chi connectivity index (χ1) is 21.8. The van der Waals surface area contributed by atoms with Crippen LogP contribution in [0, 0.1) is 0 Å². The molecule has 6 rings (SSSR count). The van der Waals surface area contributed by atoms with Crippen molar-refractivity contribution in [1.29, 1.82) is 0 Å². The van der Waals surface area contributed by atoms with E-state index < -0.39 is 15.9 Å². The highest BCUT2D eigenvalue weighted by atomic mass is 35.5. The third-order valence-corrected chi connectivity index (χ3v) is 10.8. The van der Waals surface area contributed by atoms with Gasteiger partial charge in [0.25, 0.3) is 5.91 Å². The van der Waals surface area contributed by atoms with Gasteiger partial charge in [0, 0.05) is 23.7 Å². The molecule has 2 N–H and O–H groups in total. The van der Waals surface area contributed by atoms with Crippen LogP contribution in [-0.4, -0.2) is 76.3 Å². The van der Waals surface area contributed by atoms with Crippen LogP contribution in [0.2, 0.25) is 5.02 Å². The Morgan fingerprint density at radius 1 is 1.00 bits per heavy atom. The highest BCUT2D eigenvalue weighted by molar-refractivity contribution is 7.99. The van der Waals surface area contributed by atoms with Crippen molar-refractivity contribution in [2.75, 3.05) is 37.4 Å². The fourth-order valence-electron chi connectivity index (χ4n) is 4.57. The first kappa shape index (κ1) is 31.1. The number of fused-ring (bicyclic) bond motifs is 1. The van der Waals surface area contributed by atoms with Gasteiger partial charge in [-0.2, -0.15) is 4.31 Å². The van der Waals surface area contributed by atoms with Gasteiger partial charge in [0.15, 0.2) is 16.1 Å². The molecule has 1 fully saturated rings. The van der Waals surface area contributed by atoms with E-state index in [2.05, 4.69) is 25.8 Å². The van der Waals surface area contributed by atoms with E-state index in [1.54, 1.807) is 22.8 Å². The summed E-state index contributed by atoms with van der Waals surface area (Å²) >= 11 is 8.84. The van der Waals surface area contributed by atoms with Gasteiger partial charge in [-0.1, -0.05) is 52.9 Å². The Morgan fingerprint density at radius 2 is 1.78 bits per heavy atom. The zero-order valence-corrected chi connectivity index (χ0v) is 26.8. The average Bonchev–Trinajstić information content (AvgIpc) is 3.66. The van der Waals surface area contributed by atoms with E-state index in [4.69, 9.17) is 16.3 Å². The number of morpholine rings is 1. The van der Waals surface area contributed by atoms with E-state index in [9.17, 15) is 18.0 Å². The van der Waals surface area contributed by atoms with Crippen molar-refractivity contribution >= 4 is 71.9 Å². The lowest BCUT2D eigenvalue weighted by atomic mass is 10.2. The lowest BCUT2D eigenvalue weighted by Crippen LogP contribution is -2.40. The average molecular weight is 684 g/mol. The van der Waals surface area contributed by atoms with Gasteiger partial charge >= 0.3 is 0 Å². The predicted octanol–water partition coefficient (Wildman–Crippen LogP) is 4.21. The number of benzene rings is 3. The van der Waals surface area contributed by atoms with Gasteiger partial charge in [-0.25, -0.2) is 13.4 Å². The van der Waals surface area contributed by atoms with E-state index in [-0.39, 0.29) is 41.8 Å². The van der Waals surface area contributed by atoms with Crippen molar-refractivity contribution in [1.82, 2.24) is 29.4 Å². The summed E-state index contributed by atoms with van der Waals surface area (Å²) in [5, 5.41) is 15.6. The minimum absolute atomic E-state index is 0.00460. The van der Waals surface area contributed by atoms with Crippen LogP contribution < -0.4 is 10.6 Å². The molecule has 16 heteroatoms. The van der Waals surface area contributed by atoms with E-state index in [0.29, 0.717) is 40.0 Å². The number of ether oxygens (including phenoxy) is 1. The molecule has 0 saturated carbocycles. The Kier molecular flexibility index (Phi) is 9.44. The maximum atomic E-state index is 13.0. The van der Waals surface area contributed by atoms with Gasteiger partial charge < -0.3 is 15.4 Å². The molecule has 3 heterocycles. The van der Waals surface area contributed by atoms with E-state index in [0.717, 1.165) is 10.2 Å².